The van der Waals surface area contributed by atoms with E-state index < -0.39 is 0 Å². The second-order valence-electron chi connectivity index (χ2n) is 5.95. The maximum atomic E-state index is 11.8. The van der Waals surface area contributed by atoms with Crippen LogP contribution < -0.4 is 5.43 Å². The number of aryl methyl sites for hydroxylation is 1. The van der Waals surface area contributed by atoms with Crippen molar-refractivity contribution in [2.75, 3.05) is 0 Å². The monoisotopic (exact) mass is 350 g/mol. The van der Waals surface area contributed by atoms with E-state index in [9.17, 15) is 4.79 Å². The van der Waals surface area contributed by atoms with Crippen molar-refractivity contribution < 1.29 is 0 Å². The number of aromatic nitrogens is 4. The summed E-state index contributed by atoms with van der Waals surface area (Å²) < 4.78 is 4.16. The molecule has 0 saturated carbocycles. The van der Waals surface area contributed by atoms with Crippen molar-refractivity contribution in [2.45, 2.75) is 17.8 Å². The predicted octanol–water partition coefficient (Wildman–Crippen LogP) is 3.65. The van der Waals surface area contributed by atoms with Crippen LogP contribution in [0.2, 0.25) is 0 Å². The molecule has 0 aliphatic rings. The van der Waals surface area contributed by atoms with Crippen molar-refractivity contribution >= 4 is 22.8 Å². The van der Waals surface area contributed by atoms with Gasteiger partial charge >= 0.3 is 0 Å². The molecule has 126 valence electrons. The molecule has 3 heterocycles. The Labute approximate surface area is 149 Å². The summed E-state index contributed by atoms with van der Waals surface area (Å²) in [7, 11) is 2.02. The minimum Gasteiger partial charge on any atom is -0.364 e. The van der Waals surface area contributed by atoms with Gasteiger partial charge in [0.25, 0.3) is 0 Å². The minimum atomic E-state index is 0.0655. The molecule has 0 aliphatic carbocycles. The number of imidazole rings is 1. The topological polar surface area (TPSA) is 55.6 Å². The van der Waals surface area contributed by atoms with Crippen LogP contribution in [0.15, 0.2) is 64.9 Å². The average Bonchev–Trinajstić information content (AvgIpc) is 3.25. The molecule has 0 radical (unpaired) electrons. The molecule has 0 saturated heterocycles. The van der Waals surface area contributed by atoms with Gasteiger partial charge in [0, 0.05) is 54.4 Å². The number of hydrogen-bond donors (Lipinski definition) is 1. The Morgan fingerprint density at radius 3 is 2.80 bits per heavy atom. The van der Waals surface area contributed by atoms with Gasteiger partial charge in [0.05, 0.1) is 11.0 Å². The van der Waals surface area contributed by atoms with Crippen LogP contribution >= 0.6 is 11.8 Å². The Balaban J connectivity index is 1.65. The average molecular weight is 350 g/mol. The van der Waals surface area contributed by atoms with Gasteiger partial charge in [-0.15, -0.1) is 0 Å². The highest BCUT2D eigenvalue weighted by atomic mass is 32.2. The fraction of sp³-hybridized carbons (Fsp3) is 0.158. The van der Waals surface area contributed by atoms with Crippen LogP contribution in [0.1, 0.15) is 11.3 Å². The first-order valence-corrected chi connectivity index (χ1v) is 9.02. The SMILES string of the molecule is Cc1c(CSc2nc3cc(-n4cccc4)ccc3n2C)[nH]ccc1=O. The van der Waals surface area contributed by atoms with Gasteiger partial charge in [-0.2, -0.15) is 0 Å². The number of pyridine rings is 1. The quantitative estimate of drug-likeness (QED) is 0.572. The van der Waals surface area contributed by atoms with Gasteiger partial charge in [0.1, 0.15) is 0 Å². The summed E-state index contributed by atoms with van der Waals surface area (Å²) in [6.07, 6.45) is 5.74. The van der Waals surface area contributed by atoms with Gasteiger partial charge in [-0.3, -0.25) is 4.79 Å². The molecule has 0 unspecified atom stereocenters. The third kappa shape index (κ3) is 2.89. The zero-order valence-electron chi connectivity index (χ0n) is 14.1. The first kappa shape index (κ1) is 15.8. The summed E-state index contributed by atoms with van der Waals surface area (Å²) in [5.74, 6) is 0.684. The number of H-pyrrole nitrogens is 1. The maximum Gasteiger partial charge on any atom is 0.184 e. The second kappa shape index (κ2) is 6.29. The molecular weight excluding hydrogens is 332 g/mol. The second-order valence-corrected chi connectivity index (χ2v) is 6.89. The van der Waals surface area contributed by atoms with Gasteiger partial charge in [0.15, 0.2) is 10.6 Å². The number of hydrogen-bond acceptors (Lipinski definition) is 3. The molecule has 4 aromatic rings. The Kier molecular flexibility index (Phi) is 3.97. The van der Waals surface area contributed by atoms with E-state index in [-0.39, 0.29) is 5.43 Å². The fourth-order valence-electron chi connectivity index (χ4n) is 2.85. The summed E-state index contributed by atoms with van der Waals surface area (Å²) in [6, 6.07) is 11.9. The molecule has 0 atom stereocenters. The first-order chi connectivity index (χ1) is 12.1. The number of thioether (sulfide) groups is 1. The lowest BCUT2D eigenvalue weighted by Crippen LogP contribution is -2.08. The molecule has 4 rings (SSSR count). The van der Waals surface area contributed by atoms with Crippen LogP contribution in [-0.2, 0) is 12.8 Å². The highest BCUT2D eigenvalue weighted by Gasteiger charge is 2.11. The minimum absolute atomic E-state index is 0.0655. The van der Waals surface area contributed by atoms with E-state index in [0.29, 0.717) is 5.75 Å². The van der Waals surface area contributed by atoms with Crippen LogP contribution in [0.25, 0.3) is 16.7 Å². The molecular formula is C19H18N4OS. The largest absolute Gasteiger partial charge is 0.364 e. The lowest BCUT2D eigenvalue weighted by Gasteiger charge is -2.05. The van der Waals surface area contributed by atoms with E-state index in [2.05, 4.69) is 32.3 Å². The van der Waals surface area contributed by atoms with E-state index in [1.807, 2.05) is 38.5 Å². The van der Waals surface area contributed by atoms with Gasteiger partial charge in [-0.25, -0.2) is 4.98 Å². The van der Waals surface area contributed by atoms with E-state index in [4.69, 9.17) is 4.98 Å². The third-order valence-corrected chi connectivity index (χ3v) is 5.44. The summed E-state index contributed by atoms with van der Waals surface area (Å²) in [6.45, 7) is 1.85. The van der Waals surface area contributed by atoms with Crippen LogP contribution in [0, 0.1) is 6.92 Å². The van der Waals surface area contributed by atoms with Crippen molar-refractivity contribution in [3.63, 3.8) is 0 Å². The Bertz CT molecular complexity index is 1090. The Morgan fingerprint density at radius 2 is 2.00 bits per heavy atom. The lowest BCUT2D eigenvalue weighted by molar-refractivity contribution is 0.814. The van der Waals surface area contributed by atoms with Crippen molar-refractivity contribution in [3.05, 3.63) is 76.5 Å². The normalized spacial score (nSPS) is 11.3. The molecule has 0 bridgehead atoms. The third-order valence-electron chi connectivity index (χ3n) is 4.39. The van der Waals surface area contributed by atoms with E-state index in [1.54, 1.807) is 24.0 Å². The van der Waals surface area contributed by atoms with E-state index in [1.165, 1.54) is 0 Å². The zero-order chi connectivity index (χ0) is 17.4. The van der Waals surface area contributed by atoms with Crippen LogP contribution in [0.5, 0.6) is 0 Å². The summed E-state index contributed by atoms with van der Waals surface area (Å²) in [5, 5.41) is 0.934. The molecule has 3 aromatic heterocycles. The molecule has 25 heavy (non-hydrogen) atoms. The van der Waals surface area contributed by atoms with Gasteiger partial charge in [0.2, 0.25) is 0 Å². The lowest BCUT2D eigenvalue weighted by atomic mass is 10.2. The molecule has 0 amide bonds. The molecule has 0 spiro atoms. The maximum absolute atomic E-state index is 11.8. The smallest absolute Gasteiger partial charge is 0.184 e. The number of nitrogens with one attached hydrogen (secondary N) is 1. The van der Waals surface area contributed by atoms with Gasteiger partial charge in [-0.05, 0) is 37.3 Å². The molecule has 1 aromatic carbocycles. The van der Waals surface area contributed by atoms with Crippen LogP contribution in [0.3, 0.4) is 0 Å². The van der Waals surface area contributed by atoms with Crippen molar-refractivity contribution in [1.82, 2.24) is 19.1 Å². The molecule has 0 fully saturated rings. The van der Waals surface area contributed by atoms with Crippen molar-refractivity contribution in [2.24, 2.45) is 7.05 Å². The van der Waals surface area contributed by atoms with Crippen molar-refractivity contribution in [3.8, 4) is 5.69 Å². The van der Waals surface area contributed by atoms with Gasteiger partial charge < -0.3 is 14.1 Å². The predicted molar refractivity (Wildman–Crippen MR) is 101 cm³/mol. The molecule has 1 N–H and O–H groups in total. The molecule has 5 nitrogen and oxygen atoms in total. The summed E-state index contributed by atoms with van der Waals surface area (Å²) in [4.78, 5) is 19.7. The van der Waals surface area contributed by atoms with Crippen LogP contribution in [-0.4, -0.2) is 19.1 Å². The van der Waals surface area contributed by atoms with Gasteiger partial charge in [-0.1, -0.05) is 11.8 Å². The summed E-state index contributed by atoms with van der Waals surface area (Å²) in [5.41, 5.74) is 4.93. The standard InChI is InChI=1S/C19H18N4OS/c1-13-16(20-8-7-18(13)24)12-25-19-21-15-11-14(23-9-3-4-10-23)5-6-17(15)22(19)2/h3-11H,12H2,1-2H3,(H,20,24). The Hall–Kier alpha value is -2.73. The first-order valence-electron chi connectivity index (χ1n) is 8.03. The zero-order valence-corrected chi connectivity index (χ0v) is 14.9. The number of rotatable bonds is 4. The highest BCUT2D eigenvalue weighted by molar-refractivity contribution is 7.98. The van der Waals surface area contributed by atoms with E-state index >= 15 is 0 Å². The number of fused-ring (bicyclic) bond motifs is 1. The number of benzene rings is 1. The number of nitrogens with zero attached hydrogens (tertiary/aromatic N) is 3. The number of aromatic amines is 1. The van der Waals surface area contributed by atoms with Crippen LogP contribution in [0.4, 0.5) is 0 Å². The summed E-state index contributed by atoms with van der Waals surface area (Å²) >= 11 is 1.63. The Morgan fingerprint density at radius 1 is 1.20 bits per heavy atom. The highest BCUT2D eigenvalue weighted by Crippen LogP contribution is 2.27. The fourth-order valence-corrected chi connectivity index (χ4v) is 3.88. The molecule has 6 heteroatoms. The van der Waals surface area contributed by atoms with Crippen molar-refractivity contribution in [1.29, 1.82) is 0 Å². The van der Waals surface area contributed by atoms with E-state index in [0.717, 1.165) is 33.1 Å². The molecule has 0 aliphatic heterocycles.